The SMILES string of the molecule is CNC(SSC)c1ccccc1. The highest BCUT2D eigenvalue weighted by Crippen LogP contribution is 2.33. The second-order valence-corrected chi connectivity index (χ2v) is 4.92. The lowest BCUT2D eigenvalue weighted by molar-refractivity contribution is 0.799. The first kappa shape index (κ1) is 9.96. The number of benzene rings is 1. The fourth-order valence-electron chi connectivity index (χ4n) is 0.994. The number of hydrogen-bond donors (Lipinski definition) is 1. The molecule has 1 unspecified atom stereocenters. The summed E-state index contributed by atoms with van der Waals surface area (Å²) in [6.45, 7) is 0. The average Bonchev–Trinajstić information content (AvgIpc) is 2.15. The molecule has 12 heavy (non-hydrogen) atoms. The second kappa shape index (κ2) is 5.51. The van der Waals surface area contributed by atoms with E-state index in [0.717, 1.165) is 0 Å². The third-order valence-electron chi connectivity index (χ3n) is 1.56. The zero-order valence-electron chi connectivity index (χ0n) is 7.28. The van der Waals surface area contributed by atoms with Gasteiger partial charge < -0.3 is 5.32 Å². The van der Waals surface area contributed by atoms with Crippen molar-refractivity contribution in [3.63, 3.8) is 0 Å². The molecule has 0 radical (unpaired) electrons. The lowest BCUT2D eigenvalue weighted by atomic mass is 10.2. The molecule has 0 bridgehead atoms. The summed E-state index contributed by atoms with van der Waals surface area (Å²) in [5.74, 6) is 0. The van der Waals surface area contributed by atoms with Gasteiger partial charge >= 0.3 is 0 Å². The van der Waals surface area contributed by atoms with Gasteiger partial charge in [-0.25, -0.2) is 0 Å². The van der Waals surface area contributed by atoms with Gasteiger partial charge in [0.2, 0.25) is 0 Å². The number of hydrogen-bond acceptors (Lipinski definition) is 3. The van der Waals surface area contributed by atoms with E-state index in [0.29, 0.717) is 5.37 Å². The maximum absolute atomic E-state index is 3.26. The molecule has 0 fully saturated rings. The van der Waals surface area contributed by atoms with Gasteiger partial charge in [-0.3, -0.25) is 0 Å². The van der Waals surface area contributed by atoms with Gasteiger partial charge in [-0.1, -0.05) is 51.9 Å². The van der Waals surface area contributed by atoms with Crippen LogP contribution in [0.1, 0.15) is 10.9 Å². The summed E-state index contributed by atoms with van der Waals surface area (Å²) in [4.78, 5) is 0. The lowest BCUT2D eigenvalue weighted by Gasteiger charge is -2.13. The summed E-state index contributed by atoms with van der Waals surface area (Å²) < 4.78 is 0. The number of nitrogens with one attached hydrogen (secondary N) is 1. The van der Waals surface area contributed by atoms with Crippen LogP contribution in [0.25, 0.3) is 0 Å². The molecule has 0 heterocycles. The van der Waals surface area contributed by atoms with E-state index in [-0.39, 0.29) is 0 Å². The minimum absolute atomic E-state index is 0.404. The molecular weight excluding hydrogens is 186 g/mol. The maximum Gasteiger partial charge on any atom is 0.0890 e. The Morgan fingerprint density at radius 1 is 1.25 bits per heavy atom. The predicted octanol–water partition coefficient (Wildman–Crippen LogP) is 2.92. The van der Waals surface area contributed by atoms with Gasteiger partial charge in [0.1, 0.15) is 0 Å². The van der Waals surface area contributed by atoms with E-state index >= 15 is 0 Å². The third kappa shape index (κ3) is 2.73. The van der Waals surface area contributed by atoms with Gasteiger partial charge in [0, 0.05) is 0 Å². The van der Waals surface area contributed by atoms with Crippen LogP contribution < -0.4 is 5.32 Å². The van der Waals surface area contributed by atoms with Gasteiger partial charge in [0.05, 0.1) is 5.37 Å². The Kier molecular flexibility index (Phi) is 4.58. The fourth-order valence-corrected chi connectivity index (χ4v) is 2.75. The molecular formula is C9H13NS2. The van der Waals surface area contributed by atoms with Crippen molar-refractivity contribution in [2.45, 2.75) is 5.37 Å². The van der Waals surface area contributed by atoms with Crippen LogP contribution in [-0.4, -0.2) is 13.3 Å². The van der Waals surface area contributed by atoms with Crippen LogP contribution in [0.15, 0.2) is 30.3 Å². The van der Waals surface area contributed by atoms with Gasteiger partial charge in [-0.05, 0) is 18.9 Å². The minimum Gasteiger partial charge on any atom is -0.304 e. The third-order valence-corrected chi connectivity index (χ3v) is 3.60. The van der Waals surface area contributed by atoms with Crippen molar-refractivity contribution in [1.82, 2.24) is 5.32 Å². The largest absolute Gasteiger partial charge is 0.304 e. The highest BCUT2D eigenvalue weighted by molar-refractivity contribution is 8.76. The van der Waals surface area contributed by atoms with Crippen molar-refractivity contribution in [2.75, 3.05) is 13.3 Å². The smallest absolute Gasteiger partial charge is 0.0890 e. The Morgan fingerprint density at radius 3 is 2.42 bits per heavy atom. The standard InChI is InChI=1S/C9H13NS2/c1-10-9(12-11-2)8-6-4-3-5-7-8/h3-7,9-10H,1-2H3. The summed E-state index contributed by atoms with van der Waals surface area (Å²) in [6.07, 6.45) is 2.10. The summed E-state index contributed by atoms with van der Waals surface area (Å²) in [6, 6.07) is 10.5. The topological polar surface area (TPSA) is 12.0 Å². The molecule has 1 aromatic rings. The molecule has 1 N–H and O–H groups in total. The fraction of sp³-hybridized carbons (Fsp3) is 0.333. The molecule has 0 aliphatic rings. The molecule has 0 spiro atoms. The first-order valence-electron chi connectivity index (χ1n) is 3.80. The van der Waals surface area contributed by atoms with Crippen molar-refractivity contribution in [3.05, 3.63) is 35.9 Å². The van der Waals surface area contributed by atoms with Gasteiger partial charge in [-0.2, -0.15) is 0 Å². The Balaban J connectivity index is 2.66. The molecule has 0 aliphatic carbocycles. The first-order chi connectivity index (χ1) is 5.88. The lowest BCUT2D eigenvalue weighted by Crippen LogP contribution is -2.11. The quantitative estimate of drug-likeness (QED) is 0.591. The molecule has 0 saturated carbocycles. The summed E-state index contributed by atoms with van der Waals surface area (Å²) >= 11 is 0. The van der Waals surface area contributed by atoms with Crippen LogP contribution >= 0.6 is 21.6 Å². The van der Waals surface area contributed by atoms with Crippen LogP contribution in [0.3, 0.4) is 0 Å². The molecule has 1 aromatic carbocycles. The van der Waals surface area contributed by atoms with Crippen LogP contribution in [-0.2, 0) is 0 Å². The molecule has 0 saturated heterocycles. The van der Waals surface area contributed by atoms with Crippen molar-refractivity contribution in [1.29, 1.82) is 0 Å². The molecule has 0 aromatic heterocycles. The summed E-state index contributed by atoms with van der Waals surface area (Å²) in [7, 11) is 5.61. The van der Waals surface area contributed by atoms with Crippen LogP contribution in [0.4, 0.5) is 0 Å². The van der Waals surface area contributed by atoms with Gasteiger partial charge in [0.15, 0.2) is 0 Å². The zero-order chi connectivity index (χ0) is 8.81. The van der Waals surface area contributed by atoms with Crippen LogP contribution in [0.2, 0.25) is 0 Å². The van der Waals surface area contributed by atoms with Crippen molar-refractivity contribution >= 4 is 21.6 Å². The zero-order valence-corrected chi connectivity index (χ0v) is 8.91. The van der Waals surface area contributed by atoms with E-state index in [1.165, 1.54) is 5.56 Å². The predicted molar refractivity (Wildman–Crippen MR) is 59.3 cm³/mol. The first-order valence-corrected chi connectivity index (χ1v) is 6.42. The highest BCUT2D eigenvalue weighted by atomic mass is 33.1. The molecule has 3 heteroatoms. The van der Waals surface area contributed by atoms with E-state index in [2.05, 4.69) is 35.8 Å². The maximum atomic E-state index is 3.26. The van der Waals surface area contributed by atoms with Crippen molar-refractivity contribution < 1.29 is 0 Å². The summed E-state index contributed by atoms with van der Waals surface area (Å²) in [5, 5.41) is 3.67. The minimum atomic E-state index is 0.404. The second-order valence-electron chi connectivity index (χ2n) is 2.34. The Labute approximate surface area is 81.7 Å². The molecule has 1 nitrogen and oxygen atoms in total. The van der Waals surface area contributed by atoms with Crippen LogP contribution in [0.5, 0.6) is 0 Å². The van der Waals surface area contributed by atoms with E-state index < -0.39 is 0 Å². The van der Waals surface area contributed by atoms with Crippen molar-refractivity contribution in [2.24, 2.45) is 0 Å². The molecule has 66 valence electrons. The Hall–Kier alpha value is -0.120. The Morgan fingerprint density at radius 2 is 1.92 bits per heavy atom. The monoisotopic (exact) mass is 199 g/mol. The normalized spacial score (nSPS) is 12.8. The average molecular weight is 199 g/mol. The van der Waals surface area contributed by atoms with Gasteiger partial charge in [0.25, 0.3) is 0 Å². The Bertz CT molecular complexity index is 213. The van der Waals surface area contributed by atoms with E-state index in [9.17, 15) is 0 Å². The van der Waals surface area contributed by atoms with E-state index in [1.807, 2.05) is 23.9 Å². The summed E-state index contributed by atoms with van der Waals surface area (Å²) in [5.41, 5.74) is 1.33. The molecule has 1 rings (SSSR count). The van der Waals surface area contributed by atoms with Crippen molar-refractivity contribution in [3.8, 4) is 0 Å². The highest BCUT2D eigenvalue weighted by Gasteiger charge is 2.06. The molecule has 0 aliphatic heterocycles. The van der Waals surface area contributed by atoms with Gasteiger partial charge in [-0.15, -0.1) is 0 Å². The van der Waals surface area contributed by atoms with Crippen LogP contribution in [0, 0.1) is 0 Å². The molecule has 1 atom stereocenters. The number of rotatable bonds is 4. The van der Waals surface area contributed by atoms with E-state index in [4.69, 9.17) is 0 Å². The van der Waals surface area contributed by atoms with E-state index in [1.54, 1.807) is 10.8 Å². The molecule has 0 amide bonds.